The third kappa shape index (κ3) is 2.89. The van der Waals surface area contributed by atoms with Crippen LogP contribution in [0.15, 0.2) is 24.5 Å². The molecule has 0 N–H and O–H groups in total. The van der Waals surface area contributed by atoms with Gasteiger partial charge in [0, 0.05) is 38.6 Å². The molecule has 0 aromatic carbocycles. The van der Waals surface area contributed by atoms with E-state index in [1.54, 1.807) is 23.1 Å². The first kappa shape index (κ1) is 14.8. The van der Waals surface area contributed by atoms with Crippen LogP contribution in [0.4, 0.5) is 0 Å². The summed E-state index contributed by atoms with van der Waals surface area (Å²) in [6.07, 6.45) is 4.49. The van der Waals surface area contributed by atoms with E-state index in [-0.39, 0.29) is 11.9 Å². The number of carbonyl (C=O) groups excluding carboxylic acids is 1. The lowest BCUT2D eigenvalue weighted by atomic mass is 10.1. The van der Waals surface area contributed by atoms with Crippen molar-refractivity contribution in [2.45, 2.75) is 25.6 Å². The molecule has 1 aliphatic heterocycles. The number of hydrogen-bond donors (Lipinski definition) is 0. The van der Waals surface area contributed by atoms with Gasteiger partial charge >= 0.3 is 0 Å². The predicted octanol–water partition coefficient (Wildman–Crippen LogP) is 0.593. The summed E-state index contributed by atoms with van der Waals surface area (Å²) >= 11 is 0. The quantitative estimate of drug-likeness (QED) is 0.833. The van der Waals surface area contributed by atoms with Crippen LogP contribution in [-0.4, -0.2) is 61.9 Å². The zero-order valence-electron chi connectivity index (χ0n) is 13.3. The summed E-state index contributed by atoms with van der Waals surface area (Å²) in [4.78, 5) is 16.9. The average molecular weight is 302 g/mol. The second kappa shape index (κ2) is 5.92. The van der Waals surface area contributed by atoms with Gasteiger partial charge in [-0.25, -0.2) is 0 Å². The second-order valence-corrected chi connectivity index (χ2v) is 6.06. The molecule has 2 aromatic rings. The van der Waals surface area contributed by atoms with Crippen molar-refractivity contribution in [2.24, 2.45) is 7.05 Å². The molecule has 0 bridgehead atoms. The van der Waals surface area contributed by atoms with Crippen molar-refractivity contribution in [2.75, 3.05) is 20.6 Å². The van der Waals surface area contributed by atoms with Gasteiger partial charge in [0.05, 0.1) is 12.2 Å². The molecular formula is C15H22N6O. The lowest BCUT2D eigenvalue weighted by Gasteiger charge is -2.31. The molecule has 3 rings (SSSR count). The maximum Gasteiger partial charge on any atom is 0.274 e. The van der Waals surface area contributed by atoms with Crippen molar-refractivity contribution in [3.63, 3.8) is 0 Å². The summed E-state index contributed by atoms with van der Waals surface area (Å²) in [5, 5.41) is 8.61. The maximum absolute atomic E-state index is 12.9. The van der Waals surface area contributed by atoms with Gasteiger partial charge in [-0.3, -0.25) is 14.2 Å². The monoisotopic (exact) mass is 302 g/mol. The fourth-order valence-electron chi connectivity index (χ4n) is 2.95. The van der Waals surface area contributed by atoms with Gasteiger partial charge in [0.1, 0.15) is 5.69 Å². The Balaban J connectivity index is 1.89. The molecule has 7 nitrogen and oxygen atoms in total. The molecular weight excluding hydrogens is 280 g/mol. The summed E-state index contributed by atoms with van der Waals surface area (Å²) in [6, 6.07) is 3.92. The molecule has 22 heavy (non-hydrogen) atoms. The molecule has 0 aliphatic carbocycles. The molecule has 7 heteroatoms. The lowest BCUT2D eigenvalue weighted by molar-refractivity contribution is 0.0620. The predicted molar refractivity (Wildman–Crippen MR) is 82.3 cm³/mol. The summed E-state index contributed by atoms with van der Waals surface area (Å²) in [6.45, 7) is 2.25. The minimum absolute atomic E-state index is 0.0119. The number of hydrogen-bond acceptors (Lipinski definition) is 4. The van der Waals surface area contributed by atoms with E-state index in [4.69, 9.17) is 0 Å². The van der Waals surface area contributed by atoms with Crippen molar-refractivity contribution in [1.82, 2.24) is 29.4 Å². The second-order valence-electron chi connectivity index (χ2n) is 6.06. The first-order valence-electron chi connectivity index (χ1n) is 7.50. The van der Waals surface area contributed by atoms with Crippen LogP contribution in [0.25, 0.3) is 0 Å². The standard InChI is InChI=1S/C15H22N6O/c1-18(2)10-12-5-9-21-13(4-7-16-21)11-20(12)15(22)14-6-8-19(3)17-14/h4,6-8,12H,5,9-11H2,1-3H3/t12-/m1/s1. The highest BCUT2D eigenvalue weighted by atomic mass is 16.2. The van der Waals surface area contributed by atoms with E-state index in [2.05, 4.69) is 15.1 Å². The summed E-state index contributed by atoms with van der Waals surface area (Å²) < 4.78 is 3.66. The summed E-state index contributed by atoms with van der Waals surface area (Å²) in [5.41, 5.74) is 1.57. The molecule has 0 fully saturated rings. The topological polar surface area (TPSA) is 59.2 Å². The average Bonchev–Trinajstić information content (AvgIpc) is 3.05. The van der Waals surface area contributed by atoms with Crippen LogP contribution in [0.5, 0.6) is 0 Å². The largest absolute Gasteiger partial charge is 0.327 e. The highest BCUT2D eigenvalue weighted by Gasteiger charge is 2.30. The van der Waals surface area contributed by atoms with Crippen molar-refractivity contribution in [3.8, 4) is 0 Å². The normalized spacial score (nSPS) is 18.4. The van der Waals surface area contributed by atoms with E-state index < -0.39 is 0 Å². The van der Waals surface area contributed by atoms with Crippen LogP contribution in [0.3, 0.4) is 0 Å². The molecule has 0 saturated carbocycles. The van der Waals surface area contributed by atoms with Crippen LogP contribution in [0.1, 0.15) is 22.6 Å². The number of aromatic nitrogens is 4. The molecule has 0 saturated heterocycles. The summed E-state index contributed by atoms with van der Waals surface area (Å²) in [5.74, 6) is -0.0119. The number of likely N-dealkylation sites (N-methyl/N-ethyl adjacent to an activating group) is 1. The maximum atomic E-state index is 12.9. The number of nitrogens with zero attached hydrogens (tertiary/aromatic N) is 6. The number of fused-ring (bicyclic) bond motifs is 1. The van der Waals surface area contributed by atoms with Crippen molar-refractivity contribution >= 4 is 5.91 Å². The Hall–Kier alpha value is -2.15. The van der Waals surface area contributed by atoms with Gasteiger partial charge in [0.25, 0.3) is 5.91 Å². The van der Waals surface area contributed by atoms with E-state index in [0.717, 1.165) is 25.2 Å². The zero-order valence-corrected chi connectivity index (χ0v) is 13.3. The van der Waals surface area contributed by atoms with Crippen LogP contribution in [0.2, 0.25) is 0 Å². The van der Waals surface area contributed by atoms with Gasteiger partial charge in [-0.2, -0.15) is 10.2 Å². The molecule has 0 radical (unpaired) electrons. The van der Waals surface area contributed by atoms with E-state index in [9.17, 15) is 4.79 Å². The number of rotatable bonds is 3. The molecule has 1 aliphatic rings. The van der Waals surface area contributed by atoms with Gasteiger partial charge < -0.3 is 9.80 Å². The van der Waals surface area contributed by atoms with Gasteiger partial charge in [-0.05, 0) is 32.6 Å². The Morgan fingerprint density at radius 1 is 1.41 bits per heavy atom. The van der Waals surface area contributed by atoms with Gasteiger partial charge in [0.2, 0.25) is 0 Å². The van der Waals surface area contributed by atoms with Crippen LogP contribution >= 0.6 is 0 Å². The third-order valence-corrected chi connectivity index (χ3v) is 4.02. The Morgan fingerprint density at radius 3 is 2.91 bits per heavy atom. The molecule has 2 aromatic heterocycles. The van der Waals surface area contributed by atoms with Crippen LogP contribution in [-0.2, 0) is 20.1 Å². The Labute approximate surface area is 130 Å². The van der Waals surface area contributed by atoms with E-state index >= 15 is 0 Å². The number of amides is 1. The third-order valence-electron chi connectivity index (χ3n) is 4.02. The van der Waals surface area contributed by atoms with E-state index in [1.807, 2.05) is 36.8 Å². The first-order valence-corrected chi connectivity index (χ1v) is 7.50. The molecule has 0 unspecified atom stereocenters. The van der Waals surface area contributed by atoms with Crippen LogP contribution in [0, 0.1) is 0 Å². The first-order chi connectivity index (χ1) is 10.5. The van der Waals surface area contributed by atoms with Crippen molar-refractivity contribution < 1.29 is 4.79 Å². The highest BCUT2D eigenvalue weighted by Crippen LogP contribution is 2.20. The van der Waals surface area contributed by atoms with Crippen molar-refractivity contribution in [1.29, 1.82) is 0 Å². The molecule has 1 atom stereocenters. The fraction of sp³-hybridized carbons (Fsp3) is 0.533. The Bertz CT molecular complexity index is 659. The zero-order chi connectivity index (χ0) is 15.7. The van der Waals surface area contributed by atoms with Crippen LogP contribution < -0.4 is 0 Å². The molecule has 118 valence electrons. The van der Waals surface area contributed by atoms with Gasteiger partial charge in [0.15, 0.2) is 0 Å². The fourth-order valence-corrected chi connectivity index (χ4v) is 2.95. The van der Waals surface area contributed by atoms with E-state index in [0.29, 0.717) is 12.2 Å². The number of aryl methyl sites for hydroxylation is 2. The minimum Gasteiger partial charge on any atom is -0.327 e. The Morgan fingerprint density at radius 2 is 2.23 bits per heavy atom. The van der Waals surface area contributed by atoms with E-state index in [1.165, 1.54) is 0 Å². The number of carbonyl (C=O) groups is 1. The Kier molecular flexibility index (Phi) is 3.98. The molecule has 3 heterocycles. The molecule has 1 amide bonds. The smallest absolute Gasteiger partial charge is 0.274 e. The van der Waals surface area contributed by atoms with Gasteiger partial charge in [-0.1, -0.05) is 0 Å². The molecule has 0 spiro atoms. The van der Waals surface area contributed by atoms with Crippen molar-refractivity contribution in [3.05, 3.63) is 35.9 Å². The lowest BCUT2D eigenvalue weighted by Crippen LogP contribution is -2.44. The summed E-state index contributed by atoms with van der Waals surface area (Å²) in [7, 11) is 5.89. The van der Waals surface area contributed by atoms with Gasteiger partial charge in [-0.15, -0.1) is 0 Å². The highest BCUT2D eigenvalue weighted by molar-refractivity contribution is 5.92. The minimum atomic E-state index is -0.0119. The SMILES string of the molecule is CN(C)C[C@H]1CCn2nccc2CN1C(=O)c1ccn(C)n1.